The first-order valence-electron chi connectivity index (χ1n) is 5.98. The molecule has 2 heterocycles. The summed E-state index contributed by atoms with van der Waals surface area (Å²) in [6.45, 7) is 0. The maximum absolute atomic E-state index is 5.99. The van der Waals surface area contributed by atoms with E-state index in [0.29, 0.717) is 18.2 Å². The zero-order valence-corrected chi connectivity index (χ0v) is 9.91. The van der Waals surface area contributed by atoms with Crippen molar-refractivity contribution in [1.82, 2.24) is 5.32 Å². The molecule has 2 saturated heterocycles. The molecule has 3 heteroatoms. The topological polar surface area (TPSA) is 21.3 Å². The summed E-state index contributed by atoms with van der Waals surface area (Å²) in [5.74, 6) is 0.940. The molecule has 0 aromatic heterocycles. The second-order valence-corrected chi connectivity index (χ2v) is 5.24. The van der Waals surface area contributed by atoms with Gasteiger partial charge in [-0.3, -0.25) is 0 Å². The van der Waals surface area contributed by atoms with Gasteiger partial charge in [-0.15, -0.1) is 0 Å². The van der Waals surface area contributed by atoms with Crippen LogP contribution in [-0.2, 0) is 0 Å². The Morgan fingerprint density at radius 2 is 1.69 bits per heavy atom. The highest BCUT2D eigenvalue weighted by atomic mass is 35.5. The smallest absolute Gasteiger partial charge is 0.119 e. The van der Waals surface area contributed by atoms with Crippen LogP contribution in [0.25, 0.3) is 0 Å². The van der Waals surface area contributed by atoms with Crippen LogP contribution in [0.3, 0.4) is 0 Å². The minimum atomic E-state index is 0.375. The molecular formula is C13H16ClNO. The molecule has 1 aromatic rings. The maximum atomic E-state index is 5.99. The highest BCUT2D eigenvalue weighted by Crippen LogP contribution is 2.29. The van der Waals surface area contributed by atoms with E-state index in [0.717, 1.165) is 23.6 Å². The normalized spacial score (nSPS) is 32.7. The monoisotopic (exact) mass is 237 g/mol. The quantitative estimate of drug-likeness (QED) is 0.854. The molecule has 0 spiro atoms. The fraction of sp³-hybridized carbons (Fsp3) is 0.538. The van der Waals surface area contributed by atoms with Gasteiger partial charge >= 0.3 is 0 Å². The van der Waals surface area contributed by atoms with Crippen LogP contribution >= 0.6 is 11.6 Å². The van der Waals surface area contributed by atoms with Gasteiger partial charge in [-0.25, -0.2) is 0 Å². The summed E-state index contributed by atoms with van der Waals surface area (Å²) in [7, 11) is 0. The van der Waals surface area contributed by atoms with E-state index >= 15 is 0 Å². The molecule has 2 fully saturated rings. The molecule has 2 nitrogen and oxygen atoms in total. The largest absolute Gasteiger partial charge is 0.490 e. The number of halogens is 1. The molecule has 0 aliphatic carbocycles. The number of hydrogen-bond donors (Lipinski definition) is 1. The lowest BCUT2D eigenvalue weighted by molar-refractivity contribution is 0.137. The molecule has 0 saturated carbocycles. The molecule has 2 aliphatic heterocycles. The van der Waals surface area contributed by atoms with Crippen LogP contribution in [0.4, 0.5) is 0 Å². The fourth-order valence-corrected chi connectivity index (χ4v) is 2.93. The molecule has 0 radical (unpaired) electrons. The summed E-state index contributed by atoms with van der Waals surface area (Å²) in [6, 6.07) is 9.02. The molecule has 3 atom stereocenters. The van der Waals surface area contributed by atoms with E-state index in [1.807, 2.05) is 24.3 Å². The third kappa shape index (κ3) is 2.18. The second-order valence-electron chi connectivity index (χ2n) is 4.80. The predicted octanol–water partition coefficient (Wildman–Crippen LogP) is 3.00. The Labute approximate surface area is 101 Å². The second kappa shape index (κ2) is 4.27. The van der Waals surface area contributed by atoms with Gasteiger partial charge in [0.25, 0.3) is 0 Å². The third-order valence-electron chi connectivity index (χ3n) is 3.55. The van der Waals surface area contributed by atoms with Gasteiger partial charge in [0.2, 0.25) is 0 Å². The van der Waals surface area contributed by atoms with Crippen molar-refractivity contribution in [1.29, 1.82) is 0 Å². The summed E-state index contributed by atoms with van der Waals surface area (Å²) >= 11 is 5.85. The summed E-state index contributed by atoms with van der Waals surface area (Å²) in [6.07, 6.45) is 5.27. The minimum Gasteiger partial charge on any atom is -0.490 e. The van der Waals surface area contributed by atoms with E-state index in [1.165, 1.54) is 12.8 Å². The van der Waals surface area contributed by atoms with Crippen LogP contribution in [0.2, 0.25) is 5.02 Å². The van der Waals surface area contributed by atoms with E-state index in [9.17, 15) is 0 Å². The maximum Gasteiger partial charge on any atom is 0.119 e. The summed E-state index contributed by atoms with van der Waals surface area (Å²) in [5.41, 5.74) is 0. The molecule has 86 valence electrons. The van der Waals surface area contributed by atoms with Gasteiger partial charge in [0, 0.05) is 17.1 Å². The Bertz CT molecular complexity index is 353. The first kappa shape index (κ1) is 10.4. The zero-order chi connectivity index (χ0) is 11.0. The van der Waals surface area contributed by atoms with Gasteiger partial charge in [0.15, 0.2) is 0 Å². The lowest BCUT2D eigenvalue weighted by Gasteiger charge is -2.29. The molecule has 1 N–H and O–H groups in total. The van der Waals surface area contributed by atoms with E-state index in [-0.39, 0.29) is 0 Å². The van der Waals surface area contributed by atoms with Crippen molar-refractivity contribution in [3.63, 3.8) is 0 Å². The van der Waals surface area contributed by atoms with E-state index in [2.05, 4.69) is 5.32 Å². The molecule has 2 bridgehead atoms. The SMILES string of the molecule is Clc1ccc(O[C@H]2C[C@H]3CC[C@@H](C2)N3)cc1. The number of nitrogens with one attached hydrogen (secondary N) is 1. The first-order valence-corrected chi connectivity index (χ1v) is 6.35. The van der Waals surface area contributed by atoms with Crippen molar-refractivity contribution in [2.75, 3.05) is 0 Å². The Hall–Kier alpha value is -0.730. The lowest BCUT2D eigenvalue weighted by Crippen LogP contribution is -2.42. The van der Waals surface area contributed by atoms with Crippen LogP contribution in [-0.4, -0.2) is 18.2 Å². The Morgan fingerprint density at radius 1 is 1.06 bits per heavy atom. The number of ether oxygens (including phenoxy) is 1. The Balaban J connectivity index is 1.64. The van der Waals surface area contributed by atoms with Gasteiger partial charge < -0.3 is 10.1 Å². The molecule has 1 aromatic carbocycles. The van der Waals surface area contributed by atoms with Gasteiger partial charge in [0.05, 0.1) is 0 Å². The Morgan fingerprint density at radius 3 is 2.31 bits per heavy atom. The van der Waals surface area contributed by atoms with E-state index in [1.54, 1.807) is 0 Å². The number of rotatable bonds is 2. The van der Waals surface area contributed by atoms with Crippen molar-refractivity contribution < 1.29 is 4.74 Å². The minimum absolute atomic E-state index is 0.375. The highest BCUT2D eigenvalue weighted by molar-refractivity contribution is 6.30. The van der Waals surface area contributed by atoms with Crippen molar-refractivity contribution in [3.8, 4) is 5.75 Å². The van der Waals surface area contributed by atoms with Crippen LogP contribution in [0, 0.1) is 0 Å². The number of piperidine rings is 1. The van der Waals surface area contributed by atoms with Crippen LogP contribution < -0.4 is 10.1 Å². The number of benzene rings is 1. The van der Waals surface area contributed by atoms with Crippen molar-refractivity contribution >= 4 is 11.6 Å². The summed E-state index contributed by atoms with van der Waals surface area (Å²) in [4.78, 5) is 0. The van der Waals surface area contributed by atoms with Crippen molar-refractivity contribution in [2.45, 2.75) is 43.9 Å². The molecule has 2 aliphatic rings. The van der Waals surface area contributed by atoms with E-state index in [4.69, 9.17) is 16.3 Å². The molecule has 0 amide bonds. The molecule has 16 heavy (non-hydrogen) atoms. The highest BCUT2D eigenvalue weighted by Gasteiger charge is 2.34. The average molecular weight is 238 g/mol. The lowest BCUT2D eigenvalue weighted by atomic mass is 10.0. The molecule has 3 rings (SSSR count). The Kier molecular flexibility index (Phi) is 2.78. The van der Waals surface area contributed by atoms with Gasteiger partial charge in [-0.2, -0.15) is 0 Å². The van der Waals surface area contributed by atoms with Gasteiger partial charge in [0.1, 0.15) is 11.9 Å². The van der Waals surface area contributed by atoms with Gasteiger partial charge in [-0.1, -0.05) is 11.6 Å². The number of hydrogen-bond acceptors (Lipinski definition) is 2. The predicted molar refractivity (Wildman–Crippen MR) is 65.0 cm³/mol. The van der Waals surface area contributed by atoms with Crippen LogP contribution in [0.1, 0.15) is 25.7 Å². The zero-order valence-electron chi connectivity index (χ0n) is 9.16. The average Bonchev–Trinajstić information content (AvgIpc) is 2.62. The number of fused-ring (bicyclic) bond motifs is 2. The third-order valence-corrected chi connectivity index (χ3v) is 3.80. The van der Waals surface area contributed by atoms with Crippen molar-refractivity contribution in [3.05, 3.63) is 29.3 Å². The standard InChI is InChI=1S/C13H16ClNO/c14-9-1-5-12(6-2-9)16-13-7-10-3-4-11(8-13)15-10/h1-2,5-6,10-11,13,15H,3-4,7-8H2/t10-,11+,13+. The van der Waals surface area contributed by atoms with Gasteiger partial charge in [-0.05, 0) is 49.9 Å². The summed E-state index contributed by atoms with van der Waals surface area (Å²) in [5, 5.41) is 4.38. The first-order chi connectivity index (χ1) is 7.79. The fourth-order valence-electron chi connectivity index (χ4n) is 2.81. The van der Waals surface area contributed by atoms with E-state index < -0.39 is 0 Å². The van der Waals surface area contributed by atoms with Crippen molar-refractivity contribution in [2.24, 2.45) is 0 Å². The molecular weight excluding hydrogens is 222 g/mol. The molecule has 0 unspecified atom stereocenters. The summed E-state index contributed by atoms with van der Waals surface area (Å²) < 4.78 is 5.99. The van der Waals surface area contributed by atoms with Crippen LogP contribution in [0.5, 0.6) is 5.75 Å². The van der Waals surface area contributed by atoms with Crippen LogP contribution in [0.15, 0.2) is 24.3 Å².